The standard InChI is InChI=1S/C22H24N4O3S/c1-16(17-7-5-6-8-17)22(27)24-19-11-13-20(14-12-19)30(28,29)26-15-23-21(25-26)18-9-3-2-4-10-18/h2-4,9-17H,5-8H2,1H3,(H,24,27). The second-order valence-corrected chi connectivity index (χ2v) is 9.45. The summed E-state index contributed by atoms with van der Waals surface area (Å²) >= 11 is 0. The molecule has 8 heteroatoms. The van der Waals surface area contributed by atoms with Crippen molar-refractivity contribution in [2.75, 3.05) is 5.32 Å². The molecule has 2 aromatic carbocycles. The fourth-order valence-corrected chi connectivity index (χ4v) is 4.88. The molecule has 1 N–H and O–H groups in total. The Kier molecular flexibility index (Phi) is 5.67. The SMILES string of the molecule is CC(C(=O)Nc1ccc(S(=O)(=O)n2cnc(-c3ccccc3)n2)cc1)C1CCCC1. The number of carbonyl (C=O) groups is 1. The van der Waals surface area contributed by atoms with Crippen LogP contribution in [0.4, 0.5) is 5.69 Å². The van der Waals surface area contributed by atoms with Crippen LogP contribution in [0.15, 0.2) is 65.8 Å². The summed E-state index contributed by atoms with van der Waals surface area (Å²) in [6.07, 6.45) is 5.74. The normalized spacial score (nSPS) is 15.8. The van der Waals surface area contributed by atoms with Gasteiger partial charge in [-0.15, -0.1) is 9.19 Å². The number of benzene rings is 2. The molecule has 1 aromatic heterocycles. The molecule has 0 radical (unpaired) electrons. The van der Waals surface area contributed by atoms with Crippen LogP contribution >= 0.6 is 0 Å². The van der Waals surface area contributed by atoms with Crippen LogP contribution in [0, 0.1) is 11.8 Å². The van der Waals surface area contributed by atoms with Gasteiger partial charge in [0.25, 0.3) is 10.0 Å². The van der Waals surface area contributed by atoms with E-state index in [2.05, 4.69) is 15.4 Å². The molecule has 7 nitrogen and oxygen atoms in total. The summed E-state index contributed by atoms with van der Waals surface area (Å²) in [7, 11) is -3.87. The first-order chi connectivity index (χ1) is 14.4. The van der Waals surface area contributed by atoms with Gasteiger partial charge in [-0.05, 0) is 43.0 Å². The number of aromatic nitrogens is 3. The molecular weight excluding hydrogens is 400 g/mol. The highest BCUT2D eigenvalue weighted by atomic mass is 32.2. The van der Waals surface area contributed by atoms with Gasteiger partial charge in [0.05, 0.1) is 4.90 Å². The number of hydrogen-bond donors (Lipinski definition) is 1. The van der Waals surface area contributed by atoms with E-state index in [0.29, 0.717) is 17.4 Å². The maximum Gasteiger partial charge on any atom is 0.284 e. The van der Waals surface area contributed by atoms with Gasteiger partial charge in [-0.3, -0.25) is 4.79 Å². The van der Waals surface area contributed by atoms with Crippen LogP contribution in [0.2, 0.25) is 0 Å². The Morgan fingerprint density at radius 2 is 1.73 bits per heavy atom. The van der Waals surface area contributed by atoms with E-state index in [9.17, 15) is 13.2 Å². The minimum atomic E-state index is -3.87. The molecule has 156 valence electrons. The number of nitrogens with one attached hydrogen (secondary N) is 1. The molecule has 30 heavy (non-hydrogen) atoms. The van der Waals surface area contributed by atoms with Crippen LogP contribution in [-0.4, -0.2) is 28.5 Å². The minimum Gasteiger partial charge on any atom is -0.326 e. The third-order valence-electron chi connectivity index (χ3n) is 5.69. The number of hydrogen-bond acceptors (Lipinski definition) is 5. The van der Waals surface area contributed by atoms with Crippen molar-refractivity contribution >= 4 is 21.6 Å². The summed E-state index contributed by atoms with van der Waals surface area (Å²) in [5.41, 5.74) is 1.31. The van der Waals surface area contributed by atoms with Gasteiger partial charge in [0.1, 0.15) is 6.33 Å². The average molecular weight is 425 g/mol. The smallest absolute Gasteiger partial charge is 0.284 e. The van der Waals surface area contributed by atoms with E-state index in [4.69, 9.17) is 0 Å². The van der Waals surface area contributed by atoms with E-state index in [1.54, 1.807) is 12.1 Å². The molecule has 0 aliphatic heterocycles. The Hall–Kier alpha value is -3.00. The van der Waals surface area contributed by atoms with Crippen LogP contribution in [0.3, 0.4) is 0 Å². The topological polar surface area (TPSA) is 94.0 Å². The molecule has 1 amide bonds. The van der Waals surface area contributed by atoms with Crippen molar-refractivity contribution in [3.63, 3.8) is 0 Å². The predicted octanol–water partition coefficient (Wildman–Crippen LogP) is 3.95. The van der Waals surface area contributed by atoms with Crippen LogP contribution < -0.4 is 5.32 Å². The fraction of sp³-hybridized carbons (Fsp3) is 0.318. The van der Waals surface area contributed by atoms with Crippen LogP contribution in [-0.2, 0) is 14.8 Å². The quantitative estimate of drug-likeness (QED) is 0.647. The predicted molar refractivity (Wildman–Crippen MR) is 114 cm³/mol. The molecule has 1 unspecified atom stereocenters. The highest BCUT2D eigenvalue weighted by Gasteiger charge is 2.27. The Balaban J connectivity index is 1.48. The van der Waals surface area contributed by atoms with E-state index in [1.807, 2.05) is 37.3 Å². The summed E-state index contributed by atoms with van der Waals surface area (Å²) in [6.45, 7) is 1.96. The highest BCUT2D eigenvalue weighted by Crippen LogP contribution is 2.32. The van der Waals surface area contributed by atoms with Gasteiger partial charge in [-0.1, -0.05) is 50.1 Å². The summed E-state index contributed by atoms with van der Waals surface area (Å²) < 4.78 is 26.6. The molecule has 3 aromatic rings. The van der Waals surface area contributed by atoms with Crippen LogP contribution in [0.1, 0.15) is 32.6 Å². The van der Waals surface area contributed by atoms with Gasteiger partial charge in [0.2, 0.25) is 5.91 Å². The summed E-state index contributed by atoms with van der Waals surface area (Å²) in [5, 5.41) is 7.01. The van der Waals surface area contributed by atoms with Crippen molar-refractivity contribution in [3.8, 4) is 11.4 Å². The zero-order valence-corrected chi connectivity index (χ0v) is 17.5. The highest BCUT2D eigenvalue weighted by molar-refractivity contribution is 7.89. The zero-order chi connectivity index (χ0) is 21.1. The second-order valence-electron chi connectivity index (χ2n) is 7.66. The summed E-state index contributed by atoms with van der Waals surface area (Å²) in [6, 6.07) is 15.3. The fourth-order valence-electron chi connectivity index (χ4n) is 3.83. The Morgan fingerprint density at radius 1 is 1.07 bits per heavy atom. The van der Waals surface area contributed by atoms with Gasteiger partial charge in [-0.25, -0.2) is 4.98 Å². The van der Waals surface area contributed by atoms with Crippen molar-refractivity contribution in [3.05, 3.63) is 60.9 Å². The maximum atomic E-state index is 12.9. The maximum absolute atomic E-state index is 12.9. The molecule has 1 aliphatic rings. The molecule has 0 saturated heterocycles. The van der Waals surface area contributed by atoms with E-state index in [-0.39, 0.29) is 16.7 Å². The lowest BCUT2D eigenvalue weighted by atomic mass is 9.92. The number of carbonyl (C=O) groups excluding carboxylic acids is 1. The molecular formula is C22H24N4O3S. The second kappa shape index (κ2) is 8.39. The molecule has 0 spiro atoms. The van der Waals surface area contributed by atoms with E-state index >= 15 is 0 Å². The molecule has 0 bridgehead atoms. The van der Waals surface area contributed by atoms with Crippen molar-refractivity contribution in [1.82, 2.24) is 14.2 Å². The van der Waals surface area contributed by atoms with Gasteiger partial charge in [0.15, 0.2) is 5.82 Å². The lowest BCUT2D eigenvalue weighted by Crippen LogP contribution is -2.25. The Labute approximate surface area is 176 Å². The Bertz CT molecular complexity index is 1120. The third kappa shape index (κ3) is 4.14. The Morgan fingerprint density at radius 3 is 2.40 bits per heavy atom. The third-order valence-corrected chi connectivity index (χ3v) is 7.23. The number of nitrogens with zero attached hydrogens (tertiary/aromatic N) is 3. The first-order valence-electron chi connectivity index (χ1n) is 10.1. The number of anilines is 1. The molecule has 4 rings (SSSR count). The van der Waals surface area contributed by atoms with Gasteiger partial charge in [-0.2, -0.15) is 8.42 Å². The van der Waals surface area contributed by atoms with E-state index in [1.165, 1.54) is 31.3 Å². The van der Waals surface area contributed by atoms with Crippen molar-refractivity contribution in [1.29, 1.82) is 0 Å². The molecule has 1 aliphatic carbocycles. The van der Waals surface area contributed by atoms with E-state index in [0.717, 1.165) is 22.5 Å². The monoisotopic (exact) mass is 424 g/mol. The van der Waals surface area contributed by atoms with Crippen LogP contribution in [0.5, 0.6) is 0 Å². The zero-order valence-electron chi connectivity index (χ0n) is 16.7. The van der Waals surface area contributed by atoms with Crippen LogP contribution in [0.25, 0.3) is 11.4 Å². The molecule has 1 saturated carbocycles. The largest absolute Gasteiger partial charge is 0.326 e. The van der Waals surface area contributed by atoms with Gasteiger partial charge < -0.3 is 5.32 Å². The lowest BCUT2D eigenvalue weighted by molar-refractivity contribution is -0.120. The molecule has 1 fully saturated rings. The van der Waals surface area contributed by atoms with Crippen molar-refractivity contribution < 1.29 is 13.2 Å². The van der Waals surface area contributed by atoms with E-state index < -0.39 is 10.0 Å². The molecule has 1 atom stereocenters. The van der Waals surface area contributed by atoms with Gasteiger partial charge >= 0.3 is 0 Å². The summed E-state index contributed by atoms with van der Waals surface area (Å²) in [4.78, 5) is 16.7. The number of rotatable bonds is 6. The first-order valence-corrected chi connectivity index (χ1v) is 11.5. The average Bonchev–Trinajstić information content (AvgIpc) is 3.47. The minimum absolute atomic E-state index is 0.0266. The summed E-state index contributed by atoms with van der Waals surface area (Å²) in [5.74, 6) is 0.684. The van der Waals surface area contributed by atoms with Gasteiger partial charge in [0, 0.05) is 17.2 Å². The number of amides is 1. The van der Waals surface area contributed by atoms with Crippen molar-refractivity contribution in [2.24, 2.45) is 11.8 Å². The molecule has 1 heterocycles. The first kappa shape index (κ1) is 20.3. The lowest BCUT2D eigenvalue weighted by Gasteiger charge is -2.18. The van der Waals surface area contributed by atoms with Crippen molar-refractivity contribution in [2.45, 2.75) is 37.5 Å².